The normalized spacial score (nSPS) is 19.0. The van der Waals surface area contributed by atoms with Crippen molar-refractivity contribution in [3.63, 3.8) is 0 Å². The van der Waals surface area contributed by atoms with Crippen LogP contribution in [0, 0.1) is 12.7 Å². The predicted molar refractivity (Wildman–Crippen MR) is 122 cm³/mol. The Morgan fingerprint density at radius 2 is 2.06 bits per heavy atom. The van der Waals surface area contributed by atoms with Crippen LogP contribution >= 0.6 is 12.4 Å². The van der Waals surface area contributed by atoms with E-state index in [1.54, 1.807) is 18.7 Å². The van der Waals surface area contributed by atoms with E-state index in [0.29, 0.717) is 31.1 Å². The number of nitrogens with zero attached hydrogens (tertiary/aromatic N) is 4. The second kappa shape index (κ2) is 10.9. The Hall–Kier alpha value is -3.24. The lowest BCUT2D eigenvalue weighted by atomic mass is 9.93. The third kappa shape index (κ3) is 5.71. The number of fused-ring (bicyclic) bond motifs is 1. The first kappa shape index (κ1) is 23.4. The van der Waals surface area contributed by atoms with Gasteiger partial charge in [0.25, 0.3) is 5.88 Å². The van der Waals surface area contributed by atoms with Gasteiger partial charge in [0.05, 0.1) is 36.7 Å². The molecule has 4 rings (SSSR count). The van der Waals surface area contributed by atoms with E-state index in [2.05, 4.69) is 35.9 Å². The van der Waals surface area contributed by atoms with E-state index in [9.17, 15) is 4.39 Å². The Bertz CT molecular complexity index is 1010. The number of hydrogen-bond donors (Lipinski definition) is 3. The highest BCUT2D eigenvalue weighted by atomic mass is 35.5. The van der Waals surface area contributed by atoms with Crippen molar-refractivity contribution in [1.29, 1.82) is 0 Å². The number of nitrogens with one attached hydrogen (secondary N) is 3. The molecular formula is C21H25ClFN7O2. The van der Waals surface area contributed by atoms with Crippen LogP contribution in [-0.4, -0.2) is 53.6 Å². The number of aliphatic imine (C=N–C) groups is 1. The minimum absolute atomic E-state index is 0. The van der Waals surface area contributed by atoms with E-state index in [0.717, 1.165) is 17.1 Å². The van der Waals surface area contributed by atoms with Gasteiger partial charge in [-0.1, -0.05) is 6.08 Å². The van der Waals surface area contributed by atoms with Gasteiger partial charge in [0.1, 0.15) is 30.1 Å². The molecule has 0 saturated heterocycles. The quantitative estimate of drug-likeness (QED) is 0.406. The molecule has 0 bridgehead atoms. The summed E-state index contributed by atoms with van der Waals surface area (Å²) in [6.45, 7) is 2.96. The third-order valence-electron chi connectivity index (χ3n) is 4.75. The van der Waals surface area contributed by atoms with Crippen LogP contribution < -0.4 is 25.4 Å². The van der Waals surface area contributed by atoms with Gasteiger partial charge in [-0.3, -0.25) is 9.98 Å². The lowest BCUT2D eigenvalue weighted by molar-refractivity contribution is 0.220. The predicted octanol–water partition coefficient (Wildman–Crippen LogP) is 2.37. The SMILES string of the molecule is CNCCOc1cnc(OC2C=CC3N=CNC(Nc4cnc(C)cn4)=C3C2)c(F)c1.Cl. The van der Waals surface area contributed by atoms with E-state index in [-0.39, 0.29) is 30.4 Å². The van der Waals surface area contributed by atoms with Crippen molar-refractivity contribution in [2.24, 2.45) is 4.99 Å². The zero-order valence-corrected chi connectivity index (χ0v) is 18.5. The van der Waals surface area contributed by atoms with Crippen LogP contribution in [-0.2, 0) is 0 Å². The molecule has 0 radical (unpaired) electrons. The van der Waals surface area contributed by atoms with Crippen molar-refractivity contribution in [1.82, 2.24) is 25.6 Å². The number of likely N-dealkylation sites (N-methyl/N-ethyl adjacent to an activating group) is 1. The van der Waals surface area contributed by atoms with Crippen LogP contribution in [0.4, 0.5) is 10.2 Å². The summed E-state index contributed by atoms with van der Waals surface area (Å²) >= 11 is 0. The van der Waals surface area contributed by atoms with E-state index in [1.165, 1.54) is 12.3 Å². The van der Waals surface area contributed by atoms with Gasteiger partial charge in [0.2, 0.25) is 0 Å². The van der Waals surface area contributed by atoms with Gasteiger partial charge in [-0.25, -0.2) is 14.4 Å². The lowest BCUT2D eigenvalue weighted by Crippen LogP contribution is -2.34. The Balaban J connectivity index is 0.00000289. The first-order valence-electron chi connectivity index (χ1n) is 9.97. The molecule has 2 aromatic rings. The van der Waals surface area contributed by atoms with Gasteiger partial charge in [0, 0.05) is 24.6 Å². The monoisotopic (exact) mass is 461 g/mol. The zero-order valence-electron chi connectivity index (χ0n) is 17.7. The smallest absolute Gasteiger partial charge is 0.251 e. The first-order chi connectivity index (χ1) is 15.1. The minimum Gasteiger partial charge on any atom is -0.491 e. The molecule has 0 spiro atoms. The fourth-order valence-corrected chi connectivity index (χ4v) is 3.19. The van der Waals surface area contributed by atoms with E-state index >= 15 is 0 Å². The molecule has 32 heavy (non-hydrogen) atoms. The maximum atomic E-state index is 14.5. The maximum absolute atomic E-state index is 14.5. The molecule has 0 saturated carbocycles. The molecule has 2 atom stereocenters. The van der Waals surface area contributed by atoms with Crippen molar-refractivity contribution >= 4 is 24.6 Å². The average molecular weight is 462 g/mol. The summed E-state index contributed by atoms with van der Waals surface area (Å²) in [6.07, 6.45) is 10.4. The standard InChI is InChI=1S/C21H24FN7O2.ClH/c1-13-9-25-19(11-24-13)29-20-16-7-14(3-4-18(16)27-12-28-20)31-21-17(22)8-15(10-26-21)30-6-5-23-2;/h3-4,8-12,14,18,23H,5-7H2,1-2H3,(H,25,29)(H,27,28);1H. The first-order valence-corrected chi connectivity index (χ1v) is 9.97. The molecule has 170 valence electrons. The Morgan fingerprint density at radius 1 is 1.19 bits per heavy atom. The molecule has 2 aliphatic rings. The molecule has 2 unspecified atom stereocenters. The molecule has 0 amide bonds. The summed E-state index contributed by atoms with van der Waals surface area (Å²) in [5, 5.41) is 9.31. The second-order valence-corrected chi connectivity index (χ2v) is 7.09. The van der Waals surface area contributed by atoms with Crippen LogP contribution in [0.3, 0.4) is 0 Å². The van der Waals surface area contributed by atoms with Crippen molar-refractivity contribution in [3.8, 4) is 11.6 Å². The van der Waals surface area contributed by atoms with Crippen LogP contribution in [0.5, 0.6) is 11.6 Å². The molecule has 0 fully saturated rings. The number of aryl methyl sites for hydroxylation is 1. The highest BCUT2D eigenvalue weighted by molar-refractivity contribution is 5.85. The number of hydrogen-bond acceptors (Lipinski definition) is 9. The van der Waals surface area contributed by atoms with Gasteiger partial charge in [-0.15, -0.1) is 12.4 Å². The summed E-state index contributed by atoms with van der Waals surface area (Å²) in [6, 6.07) is 1.16. The zero-order chi connectivity index (χ0) is 21.6. The summed E-state index contributed by atoms with van der Waals surface area (Å²) in [4.78, 5) is 17.1. The number of anilines is 1. The lowest BCUT2D eigenvalue weighted by Gasteiger charge is -2.29. The molecular weight excluding hydrogens is 437 g/mol. The van der Waals surface area contributed by atoms with Gasteiger partial charge in [0.15, 0.2) is 5.82 Å². The number of rotatable bonds is 8. The van der Waals surface area contributed by atoms with Crippen LogP contribution in [0.2, 0.25) is 0 Å². The van der Waals surface area contributed by atoms with Crippen LogP contribution in [0.25, 0.3) is 0 Å². The summed E-state index contributed by atoms with van der Waals surface area (Å²) in [5.41, 5.74) is 1.81. The molecule has 1 aliphatic heterocycles. The number of aromatic nitrogens is 3. The summed E-state index contributed by atoms with van der Waals surface area (Å²) in [5.74, 6) is 1.10. The summed E-state index contributed by atoms with van der Waals surface area (Å²) in [7, 11) is 1.82. The molecule has 2 aromatic heterocycles. The Labute approximate surface area is 191 Å². The van der Waals surface area contributed by atoms with Gasteiger partial charge >= 0.3 is 0 Å². The molecule has 9 nitrogen and oxygen atoms in total. The van der Waals surface area contributed by atoms with E-state index in [4.69, 9.17) is 9.47 Å². The topological polar surface area (TPSA) is 106 Å². The third-order valence-corrected chi connectivity index (χ3v) is 4.75. The van der Waals surface area contributed by atoms with Gasteiger partial charge in [-0.05, 0) is 20.0 Å². The number of halogens is 2. The average Bonchev–Trinajstić information content (AvgIpc) is 2.78. The Kier molecular flexibility index (Phi) is 7.96. The molecule has 3 heterocycles. The minimum atomic E-state index is -0.570. The van der Waals surface area contributed by atoms with Gasteiger partial charge < -0.3 is 25.4 Å². The second-order valence-electron chi connectivity index (χ2n) is 7.09. The van der Waals surface area contributed by atoms with Crippen molar-refractivity contribution in [3.05, 3.63) is 59.7 Å². The fraction of sp³-hybridized carbons (Fsp3) is 0.333. The van der Waals surface area contributed by atoms with Gasteiger partial charge in [-0.2, -0.15) is 0 Å². The van der Waals surface area contributed by atoms with Crippen molar-refractivity contribution in [2.45, 2.75) is 25.5 Å². The molecule has 11 heteroatoms. The summed E-state index contributed by atoms with van der Waals surface area (Å²) < 4.78 is 25.7. The molecule has 0 aromatic carbocycles. The largest absolute Gasteiger partial charge is 0.491 e. The number of pyridine rings is 1. The van der Waals surface area contributed by atoms with E-state index < -0.39 is 5.82 Å². The molecule has 1 aliphatic carbocycles. The van der Waals surface area contributed by atoms with Crippen molar-refractivity contribution in [2.75, 3.05) is 25.5 Å². The highest BCUT2D eigenvalue weighted by Crippen LogP contribution is 2.29. The Morgan fingerprint density at radius 3 is 2.81 bits per heavy atom. The van der Waals surface area contributed by atoms with Crippen LogP contribution in [0.1, 0.15) is 12.1 Å². The highest BCUT2D eigenvalue weighted by Gasteiger charge is 2.27. The maximum Gasteiger partial charge on any atom is 0.251 e. The molecule has 3 N–H and O–H groups in total. The van der Waals surface area contributed by atoms with Crippen molar-refractivity contribution < 1.29 is 13.9 Å². The van der Waals surface area contributed by atoms with Crippen LogP contribution in [0.15, 0.2) is 53.2 Å². The number of ether oxygens (including phenoxy) is 2. The van der Waals surface area contributed by atoms with E-state index in [1.807, 2.05) is 26.1 Å². The fourth-order valence-electron chi connectivity index (χ4n) is 3.19.